The SMILES string of the molecule is COC(=O)c1ccc(C2CCC(C)(C)CC2)cc1. The Morgan fingerprint density at radius 2 is 1.72 bits per heavy atom. The molecule has 0 aliphatic heterocycles. The minimum atomic E-state index is -0.258. The highest BCUT2D eigenvalue weighted by Crippen LogP contribution is 2.42. The molecule has 2 nitrogen and oxygen atoms in total. The smallest absolute Gasteiger partial charge is 0.337 e. The summed E-state index contributed by atoms with van der Waals surface area (Å²) in [5, 5.41) is 0. The van der Waals surface area contributed by atoms with E-state index < -0.39 is 0 Å². The van der Waals surface area contributed by atoms with Crippen LogP contribution in [0, 0.1) is 5.41 Å². The maximum atomic E-state index is 11.4. The molecule has 1 fully saturated rings. The molecule has 1 aliphatic rings. The van der Waals surface area contributed by atoms with Crippen molar-refractivity contribution in [3.63, 3.8) is 0 Å². The van der Waals surface area contributed by atoms with Gasteiger partial charge in [0, 0.05) is 0 Å². The van der Waals surface area contributed by atoms with Crippen molar-refractivity contribution in [3.8, 4) is 0 Å². The average Bonchev–Trinajstić information content (AvgIpc) is 2.38. The van der Waals surface area contributed by atoms with Crippen LogP contribution in [0.15, 0.2) is 24.3 Å². The maximum Gasteiger partial charge on any atom is 0.337 e. The van der Waals surface area contributed by atoms with Gasteiger partial charge in [0.1, 0.15) is 0 Å². The zero-order valence-corrected chi connectivity index (χ0v) is 11.5. The van der Waals surface area contributed by atoms with Crippen LogP contribution in [-0.2, 0) is 4.74 Å². The summed E-state index contributed by atoms with van der Waals surface area (Å²) in [4.78, 5) is 11.4. The lowest BCUT2D eigenvalue weighted by Crippen LogP contribution is -2.20. The van der Waals surface area contributed by atoms with Gasteiger partial charge in [-0.05, 0) is 54.7 Å². The van der Waals surface area contributed by atoms with Gasteiger partial charge in [0.25, 0.3) is 0 Å². The normalized spacial score (nSPS) is 19.5. The molecule has 0 saturated heterocycles. The van der Waals surface area contributed by atoms with Gasteiger partial charge in [-0.1, -0.05) is 26.0 Å². The Balaban J connectivity index is 2.04. The first-order chi connectivity index (χ1) is 8.52. The predicted molar refractivity (Wildman–Crippen MR) is 72.8 cm³/mol. The fourth-order valence-electron chi connectivity index (χ4n) is 2.74. The molecule has 98 valence electrons. The van der Waals surface area contributed by atoms with Crippen molar-refractivity contribution in [3.05, 3.63) is 35.4 Å². The number of carbonyl (C=O) groups is 1. The van der Waals surface area contributed by atoms with Crippen molar-refractivity contribution in [2.45, 2.75) is 45.4 Å². The molecule has 1 saturated carbocycles. The van der Waals surface area contributed by atoms with Crippen LogP contribution >= 0.6 is 0 Å². The fourth-order valence-corrected chi connectivity index (χ4v) is 2.74. The molecule has 0 N–H and O–H groups in total. The summed E-state index contributed by atoms with van der Waals surface area (Å²) in [5.41, 5.74) is 2.50. The second kappa shape index (κ2) is 5.13. The van der Waals surface area contributed by atoms with E-state index in [1.54, 1.807) is 0 Å². The molecule has 0 aromatic heterocycles. The Kier molecular flexibility index (Phi) is 3.74. The molecule has 1 aromatic carbocycles. The summed E-state index contributed by atoms with van der Waals surface area (Å²) in [5.74, 6) is 0.399. The average molecular weight is 246 g/mol. The van der Waals surface area contributed by atoms with E-state index >= 15 is 0 Å². The monoisotopic (exact) mass is 246 g/mol. The lowest BCUT2D eigenvalue weighted by molar-refractivity contribution is 0.0600. The molecule has 1 aromatic rings. The Morgan fingerprint density at radius 3 is 2.22 bits per heavy atom. The van der Waals surface area contributed by atoms with E-state index in [4.69, 9.17) is 4.74 Å². The van der Waals surface area contributed by atoms with E-state index in [1.165, 1.54) is 38.4 Å². The first-order valence-corrected chi connectivity index (χ1v) is 6.70. The van der Waals surface area contributed by atoms with Crippen LogP contribution in [0.2, 0.25) is 0 Å². The van der Waals surface area contributed by atoms with Gasteiger partial charge in [0.05, 0.1) is 12.7 Å². The first kappa shape index (κ1) is 13.1. The molecular weight excluding hydrogens is 224 g/mol. The summed E-state index contributed by atoms with van der Waals surface area (Å²) in [6.07, 6.45) is 5.09. The standard InChI is InChI=1S/C16H22O2/c1-16(2)10-8-13(9-11-16)12-4-6-14(7-5-12)15(17)18-3/h4-7,13H,8-11H2,1-3H3. The number of hydrogen-bond acceptors (Lipinski definition) is 2. The number of esters is 1. The zero-order valence-electron chi connectivity index (χ0n) is 11.5. The number of rotatable bonds is 2. The van der Waals surface area contributed by atoms with Crippen LogP contribution in [0.5, 0.6) is 0 Å². The summed E-state index contributed by atoms with van der Waals surface area (Å²) in [7, 11) is 1.42. The zero-order chi connectivity index (χ0) is 13.2. The maximum absolute atomic E-state index is 11.4. The molecule has 0 radical (unpaired) electrons. The molecule has 0 amide bonds. The third kappa shape index (κ3) is 2.92. The number of methoxy groups -OCH3 is 1. The third-order valence-corrected chi connectivity index (χ3v) is 4.14. The van der Waals surface area contributed by atoms with E-state index in [-0.39, 0.29) is 5.97 Å². The number of hydrogen-bond donors (Lipinski definition) is 0. The van der Waals surface area contributed by atoms with Crippen LogP contribution in [0.1, 0.15) is 61.4 Å². The Labute approximate surface area is 109 Å². The van der Waals surface area contributed by atoms with Crippen molar-refractivity contribution in [1.29, 1.82) is 0 Å². The number of carbonyl (C=O) groups excluding carboxylic acids is 1. The van der Waals surface area contributed by atoms with Crippen molar-refractivity contribution < 1.29 is 9.53 Å². The van der Waals surface area contributed by atoms with Gasteiger partial charge in [0.2, 0.25) is 0 Å². The van der Waals surface area contributed by atoms with E-state index in [1.807, 2.05) is 12.1 Å². The Morgan fingerprint density at radius 1 is 1.17 bits per heavy atom. The largest absolute Gasteiger partial charge is 0.465 e. The lowest BCUT2D eigenvalue weighted by atomic mass is 9.71. The molecule has 18 heavy (non-hydrogen) atoms. The fraction of sp³-hybridized carbons (Fsp3) is 0.562. The van der Waals surface area contributed by atoms with Gasteiger partial charge in [-0.25, -0.2) is 4.79 Å². The third-order valence-electron chi connectivity index (χ3n) is 4.14. The lowest BCUT2D eigenvalue weighted by Gasteiger charge is -2.34. The second-order valence-corrected chi connectivity index (χ2v) is 6.05. The topological polar surface area (TPSA) is 26.3 Å². The second-order valence-electron chi connectivity index (χ2n) is 6.05. The van der Waals surface area contributed by atoms with Crippen LogP contribution in [0.3, 0.4) is 0 Å². The van der Waals surface area contributed by atoms with Crippen LogP contribution < -0.4 is 0 Å². The van der Waals surface area contributed by atoms with Gasteiger partial charge in [-0.15, -0.1) is 0 Å². The summed E-state index contributed by atoms with van der Waals surface area (Å²) in [6, 6.07) is 7.91. The first-order valence-electron chi connectivity index (χ1n) is 6.70. The summed E-state index contributed by atoms with van der Waals surface area (Å²) >= 11 is 0. The molecule has 0 unspecified atom stereocenters. The van der Waals surface area contributed by atoms with Gasteiger partial charge in [-0.2, -0.15) is 0 Å². The van der Waals surface area contributed by atoms with Crippen molar-refractivity contribution >= 4 is 5.97 Å². The molecule has 1 aliphatic carbocycles. The Bertz CT molecular complexity index is 407. The summed E-state index contributed by atoms with van der Waals surface area (Å²) < 4.78 is 4.71. The predicted octanol–water partition coefficient (Wildman–Crippen LogP) is 4.16. The summed E-state index contributed by atoms with van der Waals surface area (Å²) in [6.45, 7) is 4.70. The highest BCUT2D eigenvalue weighted by molar-refractivity contribution is 5.89. The van der Waals surface area contributed by atoms with Gasteiger partial charge in [0.15, 0.2) is 0 Å². The van der Waals surface area contributed by atoms with Gasteiger partial charge in [-0.3, -0.25) is 0 Å². The van der Waals surface area contributed by atoms with Crippen LogP contribution in [-0.4, -0.2) is 13.1 Å². The highest BCUT2D eigenvalue weighted by atomic mass is 16.5. The van der Waals surface area contributed by atoms with Crippen molar-refractivity contribution in [2.75, 3.05) is 7.11 Å². The van der Waals surface area contributed by atoms with Gasteiger partial charge >= 0.3 is 5.97 Å². The van der Waals surface area contributed by atoms with Crippen LogP contribution in [0.25, 0.3) is 0 Å². The molecule has 0 bridgehead atoms. The molecular formula is C16H22O2. The quantitative estimate of drug-likeness (QED) is 0.732. The van der Waals surface area contributed by atoms with Crippen molar-refractivity contribution in [2.24, 2.45) is 5.41 Å². The molecule has 0 spiro atoms. The van der Waals surface area contributed by atoms with E-state index in [9.17, 15) is 4.79 Å². The molecule has 0 heterocycles. The Hall–Kier alpha value is -1.31. The highest BCUT2D eigenvalue weighted by Gasteiger charge is 2.27. The number of ether oxygens (including phenoxy) is 1. The van der Waals surface area contributed by atoms with E-state index in [0.29, 0.717) is 16.9 Å². The van der Waals surface area contributed by atoms with E-state index in [2.05, 4.69) is 26.0 Å². The minimum absolute atomic E-state index is 0.258. The minimum Gasteiger partial charge on any atom is -0.465 e. The van der Waals surface area contributed by atoms with Crippen LogP contribution in [0.4, 0.5) is 0 Å². The molecule has 2 rings (SSSR count). The number of benzene rings is 1. The van der Waals surface area contributed by atoms with Crippen molar-refractivity contribution in [1.82, 2.24) is 0 Å². The van der Waals surface area contributed by atoms with E-state index in [0.717, 1.165) is 0 Å². The van der Waals surface area contributed by atoms with Gasteiger partial charge < -0.3 is 4.74 Å². The molecule has 2 heteroatoms. The molecule has 0 atom stereocenters.